The van der Waals surface area contributed by atoms with Crippen LogP contribution in [0.5, 0.6) is 0 Å². The van der Waals surface area contributed by atoms with Gasteiger partial charge in [-0.2, -0.15) is 0 Å². The summed E-state index contributed by atoms with van der Waals surface area (Å²) in [6.07, 6.45) is -3.52. The van der Waals surface area contributed by atoms with Gasteiger partial charge in [0, 0.05) is 57.7 Å². The van der Waals surface area contributed by atoms with Gasteiger partial charge in [0.15, 0.2) is 0 Å². The lowest BCUT2D eigenvalue weighted by Crippen LogP contribution is -2.65. The molecular formula is C39H46F4N8O9. The number of urea groups is 1. The van der Waals surface area contributed by atoms with Crippen molar-refractivity contribution in [3.05, 3.63) is 65.2 Å². The van der Waals surface area contributed by atoms with E-state index >= 15 is 0 Å². The van der Waals surface area contributed by atoms with Crippen LogP contribution in [0.25, 0.3) is 0 Å². The van der Waals surface area contributed by atoms with E-state index in [2.05, 4.69) is 26.6 Å². The summed E-state index contributed by atoms with van der Waals surface area (Å²) in [4.78, 5) is 101. The maximum Gasteiger partial charge on any atom is 0.329 e. The zero-order valence-electron chi connectivity index (χ0n) is 32.9. The predicted molar refractivity (Wildman–Crippen MR) is 201 cm³/mol. The van der Waals surface area contributed by atoms with E-state index in [0.717, 1.165) is 29.2 Å². The first-order valence-corrected chi connectivity index (χ1v) is 19.5. The Morgan fingerprint density at radius 2 is 1.55 bits per heavy atom. The monoisotopic (exact) mass is 846 g/mol. The van der Waals surface area contributed by atoms with Gasteiger partial charge in [0.25, 0.3) is 0 Å². The van der Waals surface area contributed by atoms with E-state index in [9.17, 15) is 56.2 Å². The molecule has 9 atom stereocenters. The molecule has 4 fully saturated rings. The summed E-state index contributed by atoms with van der Waals surface area (Å²) in [6.45, 7) is 4.50. The number of carbonyl (C=O) groups is 7. The molecule has 6 rings (SSSR count). The first-order valence-electron chi connectivity index (χ1n) is 19.5. The van der Waals surface area contributed by atoms with Crippen LogP contribution in [0.2, 0.25) is 0 Å². The molecule has 0 spiro atoms. The lowest BCUT2D eigenvalue weighted by Gasteiger charge is -2.39. The number of aliphatic hydroxyl groups excluding tert-OH is 1. The largest absolute Gasteiger partial charge is 0.458 e. The van der Waals surface area contributed by atoms with Gasteiger partial charge in [0.05, 0.1) is 11.8 Å². The highest BCUT2D eigenvalue weighted by Gasteiger charge is 2.49. The highest BCUT2D eigenvalue weighted by atomic mass is 19.1. The van der Waals surface area contributed by atoms with Crippen LogP contribution in [0.15, 0.2) is 36.4 Å². The molecule has 6 N–H and O–H groups in total. The van der Waals surface area contributed by atoms with Crippen LogP contribution >= 0.6 is 0 Å². The number of esters is 1. The molecule has 0 unspecified atom stereocenters. The predicted octanol–water partition coefficient (Wildman–Crippen LogP) is -0.0902. The molecule has 7 amide bonds. The van der Waals surface area contributed by atoms with Crippen molar-refractivity contribution < 1.29 is 61.0 Å². The number of nitrogens with one attached hydrogen (secondary N) is 5. The third-order valence-electron chi connectivity index (χ3n) is 11.0. The van der Waals surface area contributed by atoms with Crippen molar-refractivity contribution in [1.29, 1.82) is 0 Å². The molecule has 60 heavy (non-hydrogen) atoms. The molecule has 2 aromatic carbocycles. The Hall–Kier alpha value is -5.83. The zero-order valence-corrected chi connectivity index (χ0v) is 32.9. The number of cyclic esters (lactones) is 1. The molecule has 21 heteroatoms. The molecule has 0 radical (unpaired) electrons. The number of aliphatic hydroxyl groups is 1. The fourth-order valence-corrected chi connectivity index (χ4v) is 8.04. The van der Waals surface area contributed by atoms with E-state index in [0.29, 0.717) is 12.1 Å². The molecule has 4 heterocycles. The molecule has 4 saturated heterocycles. The maximum atomic E-state index is 14.7. The van der Waals surface area contributed by atoms with Gasteiger partial charge in [-0.15, -0.1) is 0 Å². The van der Waals surface area contributed by atoms with E-state index in [1.165, 1.54) is 23.6 Å². The van der Waals surface area contributed by atoms with Gasteiger partial charge in [0.2, 0.25) is 29.5 Å². The molecule has 17 nitrogen and oxygen atoms in total. The second-order valence-corrected chi connectivity index (χ2v) is 15.6. The van der Waals surface area contributed by atoms with Crippen molar-refractivity contribution in [3.63, 3.8) is 0 Å². The quantitative estimate of drug-likeness (QED) is 0.168. The second kappa shape index (κ2) is 18.2. The number of hydrogen-bond donors (Lipinski definition) is 6. The van der Waals surface area contributed by atoms with E-state index < -0.39 is 132 Å². The van der Waals surface area contributed by atoms with Crippen molar-refractivity contribution in [2.24, 2.45) is 5.92 Å². The molecular weight excluding hydrogens is 800 g/mol. The fourth-order valence-electron chi connectivity index (χ4n) is 8.04. The van der Waals surface area contributed by atoms with E-state index in [1.54, 1.807) is 6.92 Å². The van der Waals surface area contributed by atoms with Crippen LogP contribution in [0.1, 0.15) is 39.2 Å². The molecule has 4 aliphatic heterocycles. The Morgan fingerprint density at radius 1 is 0.850 bits per heavy atom. The van der Waals surface area contributed by atoms with Crippen molar-refractivity contribution in [3.8, 4) is 0 Å². The van der Waals surface area contributed by atoms with Crippen LogP contribution in [0, 0.1) is 29.2 Å². The highest BCUT2D eigenvalue weighted by molar-refractivity contribution is 5.99. The lowest BCUT2D eigenvalue weighted by molar-refractivity contribution is -0.163. The van der Waals surface area contributed by atoms with Crippen molar-refractivity contribution in [1.82, 2.24) is 36.0 Å². The first kappa shape index (κ1) is 43.7. The second-order valence-electron chi connectivity index (χ2n) is 15.6. The van der Waals surface area contributed by atoms with Gasteiger partial charge < -0.3 is 51.1 Å². The van der Waals surface area contributed by atoms with Crippen LogP contribution in [-0.4, -0.2) is 143 Å². The third-order valence-corrected chi connectivity index (χ3v) is 11.0. The van der Waals surface area contributed by atoms with Crippen molar-refractivity contribution >= 4 is 47.2 Å². The summed E-state index contributed by atoms with van der Waals surface area (Å²) < 4.78 is 62.4. The van der Waals surface area contributed by atoms with Crippen LogP contribution < -0.4 is 26.6 Å². The summed E-state index contributed by atoms with van der Waals surface area (Å²) in [5.74, 6) is -9.49. The van der Waals surface area contributed by atoms with E-state index in [-0.39, 0.29) is 50.5 Å². The number of fused-ring (bicyclic) bond motifs is 3. The summed E-state index contributed by atoms with van der Waals surface area (Å²) in [5, 5.41) is 23.4. The van der Waals surface area contributed by atoms with E-state index in [1.807, 2.05) is 0 Å². The minimum absolute atomic E-state index is 0.00189. The minimum atomic E-state index is -1.86. The van der Waals surface area contributed by atoms with Gasteiger partial charge in [-0.05, 0) is 56.0 Å². The summed E-state index contributed by atoms with van der Waals surface area (Å²) in [5.41, 5.74) is -0.629. The Morgan fingerprint density at radius 3 is 2.25 bits per heavy atom. The fraction of sp³-hybridized carbons (Fsp3) is 0.513. The Balaban J connectivity index is 1.36. The number of piperazine rings is 1. The molecule has 0 saturated carbocycles. The van der Waals surface area contributed by atoms with Gasteiger partial charge in [-0.25, -0.2) is 27.2 Å². The Kier molecular flexibility index (Phi) is 13.3. The van der Waals surface area contributed by atoms with Gasteiger partial charge in [0.1, 0.15) is 65.6 Å². The molecule has 4 aliphatic rings. The summed E-state index contributed by atoms with van der Waals surface area (Å²) in [7, 11) is 0. The van der Waals surface area contributed by atoms with Gasteiger partial charge >= 0.3 is 12.0 Å². The highest BCUT2D eigenvalue weighted by Crippen LogP contribution is 2.28. The number of ether oxygens (including phenoxy) is 1. The van der Waals surface area contributed by atoms with Crippen molar-refractivity contribution in [2.45, 2.75) is 88.5 Å². The molecule has 0 aromatic heterocycles. The SMILES string of the molecule is C[C@@H]1C[C@H]2C(=O)O[C@@H](C)[C@H](NC(=O)[C@H](Cc3cc(F)cc(F)c3)NC(=O)Nc3ccc(F)cc3F)C(=O)N3C[C@H](O)C[C@H]3C(=O)N3CCNC[C@H]3C(=O)N[C@@H](C)C(=O)N2C1. The van der Waals surface area contributed by atoms with Gasteiger partial charge in [-0.3, -0.25) is 24.0 Å². The average Bonchev–Trinajstić information content (AvgIpc) is 3.78. The van der Waals surface area contributed by atoms with Crippen LogP contribution in [0.4, 0.5) is 28.0 Å². The van der Waals surface area contributed by atoms with Crippen molar-refractivity contribution in [2.75, 3.05) is 38.0 Å². The third kappa shape index (κ3) is 9.78. The first-order chi connectivity index (χ1) is 28.4. The molecule has 324 valence electrons. The average molecular weight is 847 g/mol. The Bertz CT molecular complexity index is 2030. The number of benzene rings is 2. The number of rotatable bonds is 6. The number of nitrogens with zero attached hydrogens (tertiary/aromatic N) is 3. The minimum Gasteiger partial charge on any atom is -0.458 e. The standard InChI is InChI=1S/C39H46F4N8O9/c1-18-8-30-38(58)60-20(3)32(48-33(53)28(11-21-9-23(41)12-24(42)10-21)47-39(59)46-27-5-4-22(40)13-26(27)43)37(57)51-17-25(52)14-29(51)36(56)49-7-6-44-15-31(49)34(54)45-19(2)35(55)50(30)16-18/h4-5,9-10,12-13,18-20,25,28-32,44,52H,6-8,11,14-17H2,1-3H3,(H,45,54)(H,48,53)(H2,46,47,59)/t18-,19+,20+,25-,28+,29+,30+,31+,32+/m1/s1. The summed E-state index contributed by atoms with van der Waals surface area (Å²) >= 11 is 0. The lowest BCUT2D eigenvalue weighted by atomic mass is 10.0. The number of halogens is 4. The van der Waals surface area contributed by atoms with Gasteiger partial charge in [-0.1, -0.05) is 6.92 Å². The molecule has 0 aliphatic carbocycles. The Labute approximate surface area is 341 Å². The number of carbonyl (C=O) groups excluding carboxylic acids is 7. The number of amides is 7. The topological polar surface area (TPSA) is 219 Å². The summed E-state index contributed by atoms with van der Waals surface area (Å²) in [6, 6.07) is -5.07. The number of anilines is 1. The maximum absolute atomic E-state index is 14.7. The molecule has 0 bridgehead atoms. The van der Waals surface area contributed by atoms with Crippen LogP contribution in [0.3, 0.4) is 0 Å². The normalized spacial score (nSPS) is 28.3. The zero-order chi connectivity index (χ0) is 43.6. The van der Waals surface area contributed by atoms with E-state index in [4.69, 9.17) is 4.74 Å². The molecule has 2 aromatic rings. The smallest absolute Gasteiger partial charge is 0.329 e. The number of hydrogen-bond acceptors (Lipinski definition) is 10. The van der Waals surface area contributed by atoms with Crippen LogP contribution in [-0.2, 0) is 39.9 Å².